The highest BCUT2D eigenvalue weighted by Gasteiger charge is 2.42. The van der Waals surface area contributed by atoms with Crippen LogP contribution in [0.5, 0.6) is 0 Å². The Labute approximate surface area is 185 Å². The molecule has 30 heavy (non-hydrogen) atoms. The SMILES string of the molecule is O=C1c2oc3ccccc3c(=O)c2C(c2ccc(Br)cc2)N1Cc1ccccc1Cl. The lowest BCUT2D eigenvalue weighted by molar-refractivity contribution is 0.0714. The average Bonchev–Trinajstić information content (AvgIpc) is 3.03. The lowest BCUT2D eigenvalue weighted by Gasteiger charge is -2.25. The maximum Gasteiger partial charge on any atom is 0.291 e. The van der Waals surface area contributed by atoms with Crippen molar-refractivity contribution in [3.8, 4) is 0 Å². The van der Waals surface area contributed by atoms with Gasteiger partial charge in [-0.2, -0.15) is 0 Å². The zero-order valence-electron chi connectivity index (χ0n) is 15.6. The summed E-state index contributed by atoms with van der Waals surface area (Å²) in [5.74, 6) is -0.223. The van der Waals surface area contributed by atoms with E-state index in [1.807, 2.05) is 42.5 Å². The topological polar surface area (TPSA) is 50.5 Å². The maximum absolute atomic E-state index is 13.4. The minimum absolute atomic E-state index is 0.0960. The number of para-hydroxylation sites is 1. The standard InChI is InChI=1S/C24H15BrClNO3/c25-16-11-9-14(10-12-16)21-20-22(28)17-6-2-4-8-19(17)30-23(20)24(29)27(21)13-15-5-1-3-7-18(15)26/h1-12,21H,13H2. The highest BCUT2D eigenvalue weighted by atomic mass is 79.9. The van der Waals surface area contributed by atoms with Crippen molar-refractivity contribution in [1.82, 2.24) is 4.90 Å². The minimum atomic E-state index is -0.558. The molecular formula is C24H15BrClNO3. The zero-order valence-corrected chi connectivity index (χ0v) is 18.0. The summed E-state index contributed by atoms with van der Waals surface area (Å²) in [7, 11) is 0. The number of carbonyl (C=O) groups is 1. The first-order chi connectivity index (χ1) is 14.5. The van der Waals surface area contributed by atoms with E-state index in [-0.39, 0.29) is 23.6 Å². The molecule has 1 atom stereocenters. The van der Waals surface area contributed by atoms with Gasteiger partial charge in [0.05, 0.1) is 17.0 Å². The Kier molecular flexibility index (Phi) is 4.72. The maximum atomic E-state index is 13.4. The molecule has 1 aliphatic rings. The molecule has 0 saturated heterocycles. The third-order valence-electron chi connectivity index (χ3n) is 5.36. The van der Waals surface area contributed by atoms with E-state index >= 15 is 0 Å². The monoisotopic (exact) mass is 479 g/mol. The number of carbonyl (C=O) groups excluding carboxylic acids is 1. The highest BCUT2D eigenvalue weighted by Crippen LogP contribution is 2.39. The summed E-state index contributed by atoms with van der Waals surface area (Å²) in [6, 6.07) is 21.4. The van der Waals surface area contributed by atoms with Gasteiger partial charge in [-0.1, -0.05) is 70.0 Å². The first-order valence-electron chi connectivity index (χ1n) is 9.40. The number of amides is 1. The van der Waals surface area contributed by atoms with Gasteiger partial charge in [0.25, 0.3) is 5.91 Å². The van der Waals surface area contributed by atoms with E-state index in [4.69, 9.17) is 16.0 Å². The van der Waals surface area contributed by atoms with Crippen LogP contribution in [-0.4, -0.2) is 10.8 Å². The van der Waals surface area contributed by atoms with Crippen LogP contribution in [0, 0.1) is 0 Å². The van der Waals surface area contributed by atoms with Crippen molar-refractivity contribution >= 4 is 44.4 Å². The third kappa shape index (κ3) is 3.06. The summed E-state index contributed by atoms with van der Waals surface area (Å²) >= 11 is 9.81. The molecule has 1 aliphatic heterocycles. The van der Waals surface area contributed by atoms with Crippen LogP contribution in [0.1, 0.15) is 33.3 Å². The van der Waals surface area contributed by atoms with Crippen LogP contribution in [0.25, 0.3) is 11.0 Å². The predicted octanol–water partition coefficient (Wildman–Crippen LogP) is 5.95. The molecule has 5 rings (SSSR count). The molecule has 4 nitrogen and oxygen atoms in total. The number of hydrogen-bond donors (Lipinski definition) is 0. The van der Waals surface area contributed by atoms with Crippen molar-refractivity contribution in [2.45, 2.75) is 12.6 Å². The van der Waals surface area contributed by atoms with Gasteiger partial charge in [-0.3, -0.25) is 9.59 Å². The largest absolute Gasteiger partial charge is 0.450 e. The van der Waals surface area contributed by atoms with Crippen molar-refractivity contribution < 1.29 is 9.21 Å². The molecule has 1 amide bonds. The highest BCUT2D eigenvalue weighted by molar-refractivity contribution is 9.10. The summed E-state index contributed by atoms with van der Waals surface area (Å²) in [5, 5.41) is 1.03. The number of hydrogen-bond acceptors (Lipinski definition) is 3. The molecule has 0 bridgehead atoms. The van der Waals surface area contributed by atoms with Crippen LogP contribution < -0.4 is 5.43 Å². The van der Waals surface area contributed by atoms with Gasteiger partial charge in [0, 0.05) is 16.0 Å². The quantitative estimate of drug-likeness (QED) is 0.364. The number of fused-ring (bicyclic) bond motifs is 2. The Morgan fingerprint density at radius 2 is 1.63 bits per heavy atom. The molecule has 1 aromatic heterocycles. The zero-order chi connectivity index (χ0) is 20.8. The second-order valence-corrected chi connectivity index (χ2v) is 8.47. The van der Waals surface area contributed by atoms with Gasteiger partial charge in [0.2, 0.25) is 5.76 Å². The molecule has 0 fully saturated rings. The lowest BCUT2D eigenvalue weighted by Crippen LogP contribution is -2.29. The molecule has 6 heteroatoms. The molecule has 0 aliphatic carbocycles. The second-order valence-electron chi connectivity index (χ2n) is 7.15. The Hall–Kier alpha value is -2.89. The Morgan fingerprint density at radius 3 is 2.40 bits per heavy atom. The van der Waals surface area contributed by atoms with Crippen molar-refractivity contribution in [3.05, 3.63) is 115 Å². The summed E-state index contributed by atoms with van der Waals surface area (Å²) in [6.07, 6.45) is 0. The van der Waals surface area contributed by atoms with Crippen LogP contribution in [-0.2, 0) is 6.54 Å². The van der Waals surface area contributed by atoms with Crippen LogP contribution in [0.15, 0.2) is 86.5 Å². The summed E-state index contributed by atoms with van der Waals surface area (Å²) in [6.45, 7) is 0.263. The fraction of sp³-hybridized carbons (Fsp3) is 0.0833. The van der Waals surface area contributed by atoms with E-state index in [9.17, 15) is 9.59 Å². The van der Waals surface area contributed by atoms with Crippen molar-refractivity contribution in [2.24, 2.45) is 0 Å². The smallest absolute Gasteiger partial charge is 0.291 e. The van der Waals surface area contributed by atoms with Crippen molar-refractivity contribution in [3.63, 3.8) is 0 Å². The Morgan fingerprint density at radius 1 is 0.933 bits per heavy atom. The summed E-state index contributed by atoms with van der Waals surface area (Å²) in [4.78, 5) is 28.5. The number of halogens is 2. The average molecular weight is 481 g/mol. The molecule has 0 spiro atoms. The Balaban J connectivity index is 1.73. The van der Waals surface area contributed by atoms with Crippen LogP contribution >= 0.6 is 27.5 Å². The normalized spacial score (nSPS) is 15.6. The van der Waals surface area contributed by atoms with Gasteiger partial charge in [-0.15, -0.1) is 0 Å². The molecule has 0 N–H and O–H groups in total. The predicted molar refractivity (Wildman–Crippen MR) is 120 cm³/mol. The van der Waals surface area contributed by atoms with E-state index in [1.165, 1.54) is 0 Å². The van der Waals surface area contributed by atoms with Crippen LogP contribution in [0.3, 0.4) is 0 Å². The molecule has 3 aromatic carbocycles. The van der Waals surface area contributed by atoms with Gasteiger partial charge in [-0.05, 0) is 41.5 Å². The molecule has 2 heterocycles. The van der Waals surface area contributed by atoms with Gasteiger partial charge in [-0.25, -0.2) is 0 Å². The molecule has 4 aromatic rings. The van der Waals surface area contributed by atoms with Crippen molar-refractivity contribution in [2.75, 3.05) is 0 Å². The molecular weight excluding hydrogens is 466 g/mol. The van der Waals surface area contributed by atoms with Gasteiger partial charge < -0.3 is 9.32 Å². The van der Waals surface area contributed by atoms with E-state index in [1.54, 1.807) is 35.2 Å². The van der Waals surface area contributed by atoms with E-state index in [2.05, 4.69) is 15.9 Å². The van der Waals surface area contributed by atoms with Crippen LogP contribution in [0.4, 0.5) is 0 Å². The summed E-state index contributed by atoms with van der Waals surface area (Å²) in [5.41, 5.74) is 2.23. The van der Waals surface area contributed by atoms with Gasteiger partial charge in [0.15, 0.2) is 5.43 Å². The van der Waals surface area contributed by atoms with E-state index < -0.39 is 6.04 Å². The lowest BCUT2D eigenvalue weighted by atomic mass is 9.98. The van der Waals surface area contributed by atoms with E-state index in [0.29, 0.717) is 21.6 Å². The molecule has 148 valence electrons. The molecule has 1 unspecified atom stereocenters. The fourth-order valence-electron chi connectivity index (χ4n) is 3.93. The molecule has 0 radical (unpaired) electrons. The minimum Gasteiger partial charge on any atom is -0.450 e. The van der Waals surface area contributed by atoms with Gasteiger partial charge in [0.1, 0.15) is 5.58 Å². The number of rotatable bonds is 3. The third-order valence-corrected chi connectivity index (χ3v) is 6.25. The first kappa shape index (κ1) is 19.1. The van der Waals surface area contributed by atoms with Crippen molar-refractivity contribution in [1.29, 1.82) is 0 Å². The Bertz CT molecular complexity index is 1350. The first-order valence-corrected chi connectivity index (χ1v) is 10.6. The van der Waals surface area contributed by atoms with E-state index in [0.717, 1.165) is 15.6 Å². The molecule has 0 saturated carbocycles. The fourth-order valence-corrected chi connectivity index (χ4v) is 4.39. The van der Waals surface area contributed by atoms with Crippen LogP contribution in [0.2, 0.25) is 5.02 Å². The number of nitrogens with zero attached hydrogens (tertiary/aromatic N) is 1. The van der Waals surface area contributed by atoms with Gasteiger partial charge >= 0.3 is 0 Å². The number of benzene rings is 3. The second kappa shape index (κ2) is 7.42. The summed E-state index contributed by atoms with van der Waals surface area (Å²) < 4.78 is 6.85.